The minimum absolute atomic E-state index is 0.0715. The van der Waals surface area contributed by atoms with Gasteiger partial charge in [-0.3, -0.25) is 9.59 Å². The van der Waals surface area contributed by atoms with Gasteiger partial charge in [0.2, 0.25) is 11.8 Å². The van der Waals surface area contributed by atoms with E-state index >= 15 is 0 Å². The molecule has 3 rings (SSSR count). The Labute approximate surface area is 160 Å². The zero-order valence-electron chi connectivity index (χ0n) is 15.8. The number of nitrogens with zero attached hydrogens (tertiary/aromatic N) is 1. The molecule has 2 aliphatic rings. The standard InChI is InChI=1S/C20H31N3O2S/c1-2-19-23-17(13-26-19)12-21-20(25)15-7-9-16(10-8-15)22-18(24)11-14-5-3-4-6-14/h13-16H,2-12H2,1H3,(H,21,25)(H,22,24). The number of hydrogen-bond acceptors (Lipinski definition) is 4. The van der Waals surface area contributed by atoms with Gasteiger partial charge < -0.3 is 10.6 Å². The first-order chi connectivity index (χ1) is 12.6. The Bertz CT molecular complexity index is 602. The summed E-state index contributed by atoms with van der Waals surface area (Å²) in [6.45, 7) is 2.61. The third-order valence-electron chi connectivity index (χ3n) is 5.76. The maximum atomic E-state index is 12.4. The Balaban J connectivity index is 1.34. The molecule has 2 saturated carbocycles. The Morgan fingerprint density at radius 2 is 1.88 bits per heavy atom. The first kappa shape index (κ1) is 19.3. The molecule has 1 aromatic rings. The van der Waals surface area contributed by atoms with Crippen LogP contribution in [0, 0.1) is 11.8 Å². The van der Waals surface area contributed by atoms with E-state index in [0.717, 1.165) is 42.8 Å². The van der Waals surface area contributed by atoms with Crippen LogP contribution in [-0.2, 0) is 22.6 Å². The van der Waals surface area contributed by atoms with Crippen LogP contribution in [0.25, 0.3) is 0 Å². The molecular weight excluding hydrogens is 346 g/mol. The molecule has 0 unspecified atom stereocenters. The van der Waals surface area contributed by atoms with Crippen molar-refractivity contribution in [1.29, 1.82) is 0 Å². The lowest BCUT2D eigenvalue weighted by atomic mass is 9.85. The molecule has 2 fully saturated rings. The largest absolute Gasteiger partial charge is 0.353 e. The fraction of sp³-hybridized carbons (Fsp3) is 0.750. The fourth-order valence-electron chi connectivity index (χ4n) is 4.18. The maximum absolute atomic E-state index is 12.4. The van der Waals surface area contributed by atoms with Gasteiger partial charge in [-0.2, -0.15) is 0 Å². The van der Waals surface area contributed by atoms with Crippen LogP contribution in [0.3, 0.4) is 0 Å². The van der Waals surface area contributed by atoms with Crippen LogP contribution in [0.1, 0.15) is 75.4 Å². The molecule has 6 heteroatoms. The summed E-state index contributed by atoms with van der Waals surface area (Å²) >= 11 is 1.65. The molecule has 5 nitrogen and oxygen atoms in total. The van der Waals surface area contributed by atoms with Crippen molar-refractivity contribution in [3.8, 4) is 0 Å². The van der Waals surface area contributed by atoms with Gasteiger partial charge in [-0.25, -0.2) is 4.98 Å². The van der Waals surface area contributed by atoms with Crippen LogP contribution in [0.4, 0.5) is 0 Å². The molecule has 0 spiro atoms. The van der Waals surface area contributed by atoms with E-state index < -0.39 is 0 Å². The van der Waals surface area contributed by atoms with Crippen LogP contribution >= 0.6 is 11.3 Å². The Morgan fingerprint density at radius 1 is 1.15 bits per heavy atom. The summed E-state index contributed by atoms with van der Waals surface area (Å²) in [5.74, 6) is 1.00. The third-order valence-corrected chi connectivity index (χ3v) is 6.80. The van der Waals surface area contributed by atoms with E-state index in [1.54, 1.807) is 11.3 Å². The highest BCUT2D eigenvalue weighted by atomic mass is 32.1. The van der Waals surface area contributed by atoms with Gasteiger partial charge in [0.15, 0.2) is 0 Å². The molecule has 0 aliphatic heterocycles. The lowest BCUT2D eigenvalue weighted by Gasteiger charge is -2.28. The average molecular weight is 378 g/mol. The van der Waals surface area contributed by atoms with Crippen molar-refractivity contribution in [3.63, 3.8) is 0 Å². The molecule has 0 atom stereocenters. The molecule has 1 aromatic heterocycles. The van der Waals surface area contributed by atoms with Crippen LogP contribution < -0.4 is 10.6 Å². The fourth-order valence-corrected chi connectivity index (χ4v) is 4.92. The molecule has 1 heterocycles. The summed E-state index contributed by atoms with van der Waals surface area (Å²) in [5, 5.41) is 9.36. The number of nitrogens with one attached hydrogen (secondary N) is 2. The maximum Gasteiger partial charge on any atom is 0.223 e. The average Bonchev–Trinajstić information content (AvgIpc) is 3.31. The monoisotopic (exact) mass is 377 g/mol. The summed E-state index contributed by atoms with van der Waals surface area (Å²) in [4.78, 5) is 29.0. The molecule has 26 heavy (non-hydrogen) atoms. The van der Waals surface area contributed by atoms with Crippen LogP contribution in [0.15, 0.2) is 5.38 Å². The van der Waals surface area contributed by atoms with E-state index in [9.17, 15) is 9.59 Å². The van der Waals surface area contributed by atoms with Crippen molar-refractivity contribution in [1.82, 2.24) is 15.6 Å². The zero-order chi connectivity index (χ0) is 18.4. The molecular formula is C20H31N3O2S. The van der Waals surface area contributed by atoms with Crippen molar-refractivity contribution >= 4 is 23.2 Å². The Kier molecular flexibility index (Phi) is 7.06. The second-order valence-electron chi connectivity index (χ2n) is 7.77. The quantitative estimate of drug-likeness (QED) is 0.763. The molecule has 2 N–H and O–H groups in total. The number of carbonyl (C=O) groups is 2. The Hall–Kier alpha value is -1.43. The van der Waals surface area contributed by atoms with Crippen molar-refractivity contribution in [2.75, 3.05) is 0 Å². The van der Waals surface area contributed by atoms with E-state index in [2.05, 4.69) is 22.5 Å². The molecule has 0 aromatic carbocycles. The normalized spacial score (nSPS) is 23.7. The van der Waals surface area contributed by atoms with Crippen molar-refractivity contribution in [2.45, 2.75) is 83.7 Å². The number of hydrogen-bond donors (Lipinski definition) is 2. The molecule has 2 amide bonds. The van der Waals surface area contributed by atoms with Crippen molar-refractivity contribution < 1.29 is 9.59 Å². The predicted octanol–water partition coefficient (Wildman–Crippen LogP) is 3.58. The van der Waals surface area contributed by atoms with E-state index in [1.807, 2.05) is 5.38 Å². The minimum atomic E-state index is 0.0715. The number of amides is 2. The second kappa shape index (κ2) is 9.49. The first-order valence-corrected chi connectivity index (χ1v) is 11.0. The van der Waals surface area contributed by atoms with Gasteiger partial charge in [-0.05, 0) is 50.9 Å². The van der Waals surface area contributed by atoms with Crippen molar-refractivity contribution in [3.05, 3.63) is 16.1 Å². The molecule has 2 aliphatic carbocycles. The highest BCUT2D eigenvalue weighted by molar-refractivity contribution is 7.09. The molecule has 0 radical (unpaired) electrons. The zero-order valence-corrected chi connectivity index (χ0v) is 16.6. The predicted molar refractivity (Wildman–Crippen MR) is 104 cm³/mol. The highest BCUT2D eigenvalue weighted by Gasteiger charge is 2.27. The van der Waals surface area contributed by atoms with Gasteiger partial charge in [0.1, 0.15) is 0 Å². The van der Waals surface area contributed by atoms with Crippen LogP contribution in [-0.4, -0.2) is 22.8 Å². The number of aromatic nitrogens is 1. The highest BCUT2D eigenvalue weighted by Crippen LogP contribution is 2.28. The summed E-state index contributed by atoms with van der Waals surface area (Å²) in [5.41, 5.74) is 0.952. The Morgan fingerprint density at radius 3 is 2.54 bits per heavy atom. The van der Waals surface area contributed by atoms with Gasteiger partial charge in [-0.1, -0.05) is 19.8 Å². The van der Waals surface area contributed by atoms with Gasteiger partial charge in [0.05, 0.1) is 17.2 Å². The number of thiazole rings is 1. The second-order valence-corrected chi connectivity index (χ2v) is 8.72. The summed E-state index contributed by atoms with van der Waals surface area (Å²) in [6.07, 6.45) is 10.1. The van der Waals surface area contributed by atoms with Gasteiger partial charge in [-0.15, -0.1) is 11.3 Å². The van der Waals surface area contributed by atoms with E-state index in [0.29, 0.717) is 18.9 Å². The minimum Gasteiger partial charge on any atom is -0.353 e. The van der Waals surface area contributed by atoms with Gasteiger partial charge >= 0.3 is 0 Å². The smallest absolute Gasteiger partial charge is 0.223 e. The van der Waals surface area contributed by atoms with Crippen LogP contribution in [0.5, 0.6) is 0 Å². The van der Waals surface area contributed by atoms with Gasteiger partial charge in [0, 0.05) is 23.8 Å². The first-order valence-electron chi connectivity index (χ1n) is 10.1. The summed E-state index contributed by atoms with van der Waals surface area (Å²) < 4.78 is 0. The topological polar surface area (TPSA) is 71.1 Å². The van der Waals surface area contributed by atoms with Crippen molar-refractivity contribution in [2.24, 2.45) is 11.8 Å². The van der Waals surface area contributed by atoms with Gasteiger partial charge in [0.25, 0.3) is 0 Å². The number of aryl methyl sites for hydroxylation is 1. The lowest BCUT2D eigenvalue weighted by molar-refractivity contribution is -0.126. The third kappa shape index (κ3) is 5.53. The summed E-state index contributed by atoms with van der Waals surface area (Å²) in [7, 11) is 0. The van der Waals surface area contributed by atoms with E-state index in [4.69, 9.17) is 0 Å². The lowest BCUT2D eigenvalue weighted by Crippen LogP contribution is -2.41. The number of rotatable bonds is 7. The van der Waals surface area contributed by atoms with E-state index in [-0.39, 0.29) is 23.8 Å². The summed E-state index contributed by atoms with van der Waals surface area (Å²) in [6, 6.07) is 0.249. The molecule has 144 valence electrons. The SMILES string of the molecule is CCc1nc(CNC(=O)C2CCC(NC(=O)CC3CCCC3)CC2)cs1. The molecule has 0 saturated heterocycles. The molecule has 0 bridgehead atoms. The number of carbonyl (C=O) groups excluding carboxylic acids is 2. The van der Waals surface area contributed by atoms with Crippen LogP contribution in [0.2, 0.25) is 0 Å². The van der Waals surface area contributed by atoms with E-state index in [1.165, 1.54) is 25.7 Å².